The molecule has 30 heavy (non-hydrogen) atoms. The maximum Gasteiger partial charge on any atom is 0.303 e. The SMILES string of the molecule is O=C(O)CCC/C=C\C[C@H]1C(=O)C[C@@H](O)[C@@H]1CC[C@H](O)[C@@H]1OCc2ccccc2O1. The molecule has 0 bridgehead atoms. The number of allylic oxidation sites excluding steroid dienone is 2. The van der Waals surface area contributed by atoms with Gasteiger partial charge in [-0.1, -0.05) is 30.4 Å². The second kappa shape index (κ2) is 10.7. The second-order valence-corrected chi connectivity index (χ2v) is 8.05. The predicted molar refractivity (Wildman–Crippen MR) is 109 cm³/mol. The number of ether oxygens (including phenoxy) is 2. The van der Waals surface area contributed by atoms with Crippen LogP contribution in [-0.2, 0) is 20.9 Å². The monoisotopic (exact) mass is 418 g/mol. The fraction of sp³-hybridized carbons (Fsp3) is 0.565. The van der Waals surface area contributed by atoms with Gasteiger partial charge in [0, 0.05) is 24.3 Å². The van der Waals surface area contributed by atoms with Gasteiger partial charge in [0.1, 0.15) is 17.6 Å². The Labute approximate surface area is 176 Å². The molecule has 0 spiro atoms. The largest absolute Gasteiger partial charge is 0.481 e. The third-order valence-corrected chi connectivity index (χ3v) is 5.88. The standard InChI is InChI=1S/C23H30O7/c24-18(23-29-14-15-7-5-6-9-21(15)30-23)12-11-17-16(19(25)13-20(17)26)8-3-1-2-4-10-22(27)28/h1,3,5-7,9,16-18,20,23-24,26H,2,4,8,10-14H2,(H,27,28)/b3-1-/t16-,17-,18+,20-,23-/m1/s1. The summed E-state index contributed by atoms with van der Waals surface area (Å²) in [7, 11) is 0. The van der Waals surface area contributed by atoms with Crippen molar-refractivity contribution in [1.82, 2.24) is 0 Å². The lowest BCUT2D eigenvalue weighted by Gasteiger charge is -2.30. The number of carboxylic acid groups (broad SMARTS) is 1. The molecular weight excluding hydrogens is 388 g/mol. The molecule has 1 aliphatic carbocycles. The van der Waals surface area contributed by atoms with E-state index in [1.54, 1.807) is 0 Å². The molecule has 7 heteroatoms. The van der Waals surface area contributed by atoms with Gasteiger partial charge in [-0.25, -0.2) is 0 Å². The molecule has 3 rings (SSSR count). The molecule has 0 radical (unpaired) electrons. The third-order valence-electron chi connectivity index (χ3n) is 5.88. The lowest BCUT2D eigenvalue weighted by atomic mass is 9.86. The first-order valence-electron chi connectivity index (χ1n) is 10.6. The minimum Gasteiger partial charge on any atom is -0.481 e. The van der Waals surface area contributed by atoms with Crippen LogP contribution in [0.5, 0.6) is 5.75 Å². The molecule has 164 valence electrons. The van der Waals surface area contributed by atoms with E-state index in [2.05, 4.69) is 0 Å². The Morgan fingerprint density at radius 2 is 2.07 bits per heavy atom. The number of hydrogen-bond donors (Lipinski definition) is 3. The molecule has 0 unspecified atom stereocenters. The van der Waals surface area contributed by atoms with E-state index >= 15 is 0 Å². The van der Waals surface area contributed by atoms with E-state index in [9.17, 15) is 19.8 Å². The number of aliphatic carboxylic acids is 1. The Hall–Kier alpha value is -2.22. The molecule has 1 heterocycles. The number of carboxylic acids is 1. The number of benzene rings is 1. The van der Waals surface area contributed by atoms with Crippen LogP contribution in [0.1, 0.15) is 50.5 Å². The molecule has 5 atom stereocenters. The summed E-state index contributed by atoms with van der Waals surface area (Å²) in [6.45, 7) is 0.373. The number of Topliss-reactive ketones (excluding diaryl/α,β-unsaturated/α-hetero) is 1. The van der Waals surface area contributed by atoms with Gasteiger partial charge in [-0.2, -0.15) is 0 Å². The lowest BCUT2D eigenvalue weighted by molar-refractivity contribution is -0.168. The predicted octanol–water partition coefficient (Wildman–Crippen LogP) is 2.83. The summed E-state index contributed by atoms with van der Waals surface area (Å²) in [5.74, 6) is -0.569. The Morgan fingerprint density at radius 3 is 2.87 bits per heavy atom. The fourth-order valence-electron chi connectivity index (χ4n) is 4.21. The number of rotatable bonds is 10. The molecular formula is C23H30O7. The summed E-state index contributed by atoms with van der Waals surface area (Å²) < 4.78 is 11.4. The lowest BCUT2D eigenvalue weighted by Crippen LogP contribution is -2.37. The molecule has 0 aromatic heterocycles. The van der Waals surface area contributed by atoms with E-state index in [4.69, 9.17) is 14.6 Å². The zero-order chi connectivity index (χ0) is 21.5. The number of aliphatic hydroxyl groups excluding tert-OH is 2. The molecule has 1 aromatic carbocycles. The molecule has 1 saturated carbocycles. The summed E-state index contributed by atoms with van der Waals surface area (Å²) in [5.41, 5.74) is 0.938. The zero-order valence-electron chi connectivity index (χ0n) is 17.0. The van der Waals surface area contributed by atoms with Gasteiger partial charge in [-0.3, -0.25) is 9.59 Å². The number of hydrogen-bond acceptors (Lipinski definition) is 6. The molecule has 0 amide bonds. The second-order valence-electron chi connectivity index (χ2n) is 8.05. The average molecular weight is 418 g/mol. The first-order valence-corrected chi connectivity index (χ1v) is 10.6. The number of para-hydroxylation sites is 1. The summed E-state index contributed by atoms with van der Waals surface area (Å²) in [6, 6.07) is 7.53. The number of fused-ring (bicyclic) bond motifs is 1. The summed E-state index contributed by atoms with van der Waals surface area (Å²) in [6.07, 6.45) is 4.34. The molecule has 1 aliphatic heterocycles. The highest BCUT2D eigenvalue weighted by molar-refractivity contribution is 5.84. The topological polar surface area (TPSA) is 113 Å². The van der Waals surface area contributed by atoms with Crippen molar-refractivity contribution in [3.05, 3.63) is 42.0 Å². The van der Waals surface area contributed by atoms with Gasteiger partial charge in [0.2, 0.25) is 6.29 Å². The minimum atomic E-state index is -0.853. The maximum absolute atomic E-state index is 12.3. The highest BCUT2D eigenvalue weighted by Gasteiger charge is 2.41. The van der Waals surface area contributed by atoms with Gasteiger partial charge in [-0.15, -0.1) is 0 Å². The first kappa shape index (κ1) is 22.5. The van der Waals surface area contributed by atoms with Gasteiger partial charge in [0.15, 0.2) is 0 Å². The van der Waals surface area contributed by atoms with Crippen LogP contribution in [0.2, 0.25) is 0 Å². The molecule has 3 N–H and O–H groups in total. The molecule has 7 nitrogen and oxygen atoms in total. The van der Waals surface area contributed by atoms with E-state index < -0.39 is 24.5 Å². The Balaban J connectivity index is 1.48. The summed E-state index contributed by atoms with van der Waals surface area (Å²) in [5, 5.41) is 29.5. The average Bonchev–Trinajstić information content (AvgIpc) is 3.00. The maximum atomic E-state index is 12.3. The fourth-order valence-corrected chi connectivity index (χ4v) is 4.21. The van der Waals surface area contributed by atoms with Crippen LogP contribution in [0.4, 0.5) is 0 Å². The molecule has 1 aromatic rings. The highest BCUT2D eigenvalue weighted by atomic mass is 16.7. The molecule has 2 aliphatic rings. The van der Waals surface area contributed by atoms with E-state index in [0.29, 0.717) is 44.5 Å². The van der Waals surface area contributed by atoms with Crippen molar-refractivity contribution in [2.75, 3.05) is 0 Å². The summed E-state index contributed by atoms with van der Waals surface area (Å²) >= 11 is 0. The van der Waals surface area contributed by atoms with Crippen molar-refractivity contribution in [3.63, 3.8) is 0 Å². The van der Waals surface area contributed by atoms with E-state index in [1.165, 1.54) is 0 Å². The van der Waals surface area contributed by atoms with Crippen molar-refractivity contribution < 1.29 is 34.4 Å². The van der Waals surface area contributed by atoms with Crippen molar-refractivity contribution in [2.24, 2.45) is 11.8 Å². The Morgan fingerprint density at radius 1 is 1.27 bits per heavy atom. The van der Waals surface area contributed by atoms with E-state index in [-0.39, 0.29) is 30.5 Å². The molecule has 1 fully saturated rings. The zero-order valence-corrected chi connectivity index (χ0v) is 17.0. The number of aliphatic hydroxyl groups is 2. The van der Waals surface area contributed by atoms with Crippen molar-refractivity contribution >= 4 is 11.8 Å². The molecule has 0 saturated heterocycles. The smallest absolute Gasteiger partial charge is 0.303 e. The number of carbonyl (C=O) groups excluding carboxylic acids is 1. The summed E-state index contributed by atoms with van der Waals surface area (Å²) in [4.78, 5) is 22.8. The van der Waals surface area contributed by atoms with Crippen LogP contribution >= 0.6 is 0 Å². The quantitative estimate of drug-likeness (QED) is 0.395. The van der Waals surface area contributed by atoms with Crippen LogP contribution in [0, 0.1) is 11.8 Å². The van der Waals surface area contributed by atoms with Crippen molar-refractivity contribution in [2.45, 2.75) is 70.1 Å². The van der Waals surface area contributed by atoms with Crippen molar-refractivity contribution in [1.29, 1.82) is 0 Å². The van der Waals surface area contributed by atoms with Gasteiger partial charge in [-0.05, 0) is 44.1 Å². The Kier molecular flexibility index (Phi) is 8.01. The number of carbonyl (C=O) groups is 2. The van der Waals surface area contributed by atoms with Crippen LogP contribution < -0.4 is 4.74 Å². The Bertz CT molecular complexity index is 760. The van der Waals surface area contributed by atoms with E-state index in [1.807, 2.05) is 36.4 Å². The highest BCUT2D eigenvalue weighted by Crippen LogP contribution is 2.36. The first-order chi connectivity index (χ1) is 14.5. The third kappa shape index (κ3) is 5.90. The van der Waals surface area contributed by atoms with Gasteiger partial charge in [0.25, 0.3) is 0 Å². The van der Waals surface area contributed by atoms with Gasteiger partial charge < -0.3 is 24.8 Å². The van der Waals surface area contributed by atoms with Crippen LogP contribution in [-0.4, -0.2) is 45.6 Å². The normalized spacial score (nSPS) is 27.1. The van der Waals surface area contributed by atoms with Gasteiger partial charge >= 0.3 is 5.97 Å². The number of ketones is 1. The van der Waals surface area contributed by atoms with Crippen molar-refractivity contribution in [3.8, 4) is 5.75 Å². The van der Waals surface area contributed by atoms with Crippen LogP contribution in [0.15, 0.2) is 36.4 Å². The van der Waals surface area contributed by atoms with Crippen LogP contribution in [0.25, 0.3) is 0 Å². The minimum absolute atomic E-state index is 0.0382. The van der Waals surface area contributed by atoms with E-state index in [0.717, 1.165) is 5.56 Å². The number of unbranched alkanes of at least 4 members (excludes halogenated alkanes) is 1. The van der Waals surface area contributed by atoms with Gasteiger partial charge in [0.05, 0.1) is 12.7 Å². The van der Waals surface area contributed by atoms with Crippen LogP contribution in [0.3, 0.4) is 0 Å².